The smallest absolute Gasteiger partial charge is 0.127 e. The molecule has 0 heterocycles. The van der Waals surface area contributed by atoms with Gasteiger partial charge in [-0.1, -0.05) is 38.6 Å². The fraction of sp³-hybridized carbons (Fsp3) is 0.429. The molecule has 0 spiro atoms. The van der Waals surface area contributed by atoms with Crippen LogP contribution in [0.4, 0.5) is 0 Å². The van der Waals surface area contributed by atoms with E-state index in [9.17, 15) is 0 Å². The van der Waals surface area contributed by atoms with Crippen molar-refractivity contribution in [2.75, 3.05) is 39.6 Å². The third-order valence-electron chi connectivity index (χ3n) is 4.64. The molecule has 0 atom stereocenters. The summed E-state index contributed by atoms with van der Waals surface area (Å²) in [6.07, 6.45) is 6.43. The maximum Gasteiger partial charge on any atom is 0.127 e. The van der Waals surface area contributed by atoms with Crippen LogP contribution in [-0.2, 0) is 22.3 Å². The van der Waals surface area contributed by atoms with E-state index in [4.69, 9.17) is 18.9 Å². The van der Waals surface area contributed by atoms with E-state index in [2.05, 4.69) is 44.3 Å². The molecule has 0 aliphatic carbocycles. The average molecular weight is 521 g/mol. The second-order valence-electron chi connectivity index (χ2n) is 7.15. The van der Waals surface area contributed by atoms with E-state index in [1.165, 1.54) is 11.1 Å². The Hall–Kier alpha value is -2.08. The number of hydrogen-bond donors (Lipinski definition) is 0. The standard InChI is InChI=1S/C27H36O4.CH4.BrH/c1-5-9-22-11-13-26(30-8-4)24(20-22)25-21-23(10-6-2)12-14-27(25)31-19-18-29-17-16-28-15-7-3;;/h5-6,11-14,20-21H,1-2,7-10,15-19H2,3-4H3;1H4;1H/p-1. The van der Waals surface area contributed by atoms with Gasteiger partial charge in [0.05, 0.1) is 26.4 Å². The van der Waals surface area contributed by atoms with Crippen LogP contribution in [-0.4, -0.2) is 39.6 Å². The van der Waals surface area contributed by atoms with Gasteiger partial charge in [-0.15, -0.1) is 13.2 Å². The maximum absolute atomic E-state index is 6.12. The van der Waals surface area contributed by atoms with Gasteiger partial charge in [0.2, 0.25) is 0 Å². The molecule has 0 N–H and O–H groups in total. The van der Waals surface area contributed by atoms with Crippen LogP contribution in [0.1, 0.15) is 38.8 Å². The van der Waals surface area contributed by atoms with E-state index in [1.807, 2.05) is 31.2 Å². The summed E-state index contributed by atoms with van der Waals surface area (Å²) >= 11 is 0. The lowest BCUT2D eigenvalue weighted by molar-refractivity contribution is -0.00000837. The molecule has 184 valence electrons. The SMILES string of the molecule is C.C=CCc1ccc(OCC)c(-c2cc(CC=C)ccc2OCCOCCOCCC)c1.[Br-]. The van der Waals surface area contributed by atoms with Crippen LogP contribution in [0.3, 0.4) is 0 Å². The number of ether oxygens (including phenoxy) is 4. The van der Waals surface area contributed by atoms with Gasteiger partial charge in [0.15, 0.2) is 0 Å². The summed E-state index contributed by atoms with van der Waals surface area (Å²) < 4.78 is 23.1. The highest BCUT2D eigenvalue weighted by molar-refractivity contribution is 5.77. The third kappa shape index (κ3) is 10.6. The van der Waals surface area contributed by atoms with Crippen molar-refractivity contribution in [3.63, 3.8) is 0 Å². The van der Waals surface area contributed by atoms with E-state index in [1.54, 1.807) is 0 Å². The van der Waals surface area contributed by atoms with Crippen LogP contribution in [0.15, 0.2) is 61.7 Å². The summed E-state index contributed by atoms with van der Waals surface area (Å²) in [5.74, 6) is 1.66. The average Bonchev–Trinajstić information content (AvgIpc) is 2.78. The Kier molecular flexibility index (Phi) is 17.2. The molecule has 33 heavy (non-hydrogen) atoms. The van der Waals surface area contributed by atoms with Crippen molar-refractivity contribution in [1.29, 1.82) is 0 Å². The van der Waals surface area contributed by atoms with Crippen molar-refractivity contribution in [1.82, 2.24) is 0 Å². The maximum atomic E-state index is 6.12. The molecular weight excluding hydrogens is 480 g/mol. The predicted octanol–water partition coefficient (Wildman–Crippen LogP) is 3.67. The molecule has 0 saturated heterocycles. The zero-order valence-corrected chi connectivity index (χ0v) is 21.0. The summed E-state index contributed by atoms with van der Waals surface area (Å²) in [5, 5.41) is 0. The molecule has 0 unspecified atom stereocenters. The van der Waals surface area contributed by atoms with Crippen molar-refractivity contribution < 1.29 is 35.9 Å². The van der Waals surface area contributed by atoms with Gasteiger partial charge in [0.25, 0.3) is 0 Å². The molecule has 0 bridgehead atoms. The largest absolute Gasteiger partial charge is 1.00 e. The van der Waals surface area contributed by atoms with E-state index in [-0.39, 0.29) is 24.4 Å². The molecule has 0 radical (unpaired) electrons. The van der Waals surface area contributed by atoms with Gasteiger partial charge in [0.1, 0.15) is 18.1 Å². The van der Waals surface area contributed by atoms with Crippen molar-refractivity contribution in [3.05, 3.63) is 72.8 Å². The Morgan fingerprint density at radius 2 is 1.18 bits per heavy atom. The first-order valence-corrected chi connectivity index (χ1v) is 11.1. The van der Waals surface area contributed by atoms with Crippen LogP contribution in [0.2, 0.25) is 0 Å². The van der Waals surface area contributed by atoms with E-state index in [0.29, 0.717) is 33.0 Å². The second kappa shape index (κ2) is 18.4. The summed E-state index contributed by atoms with van der Waals surface area (Å²) in [4.78, 5) is 0. The molecule has 0 saturated carbocycles. The summed E-state index contributed by atoms with van der Waals surface area (Å²) in [5.41, 5.74) is 4.40. The first kappa shape index (κ1) is 30.9. The molecule has 0 amide bonds. The Balaban J connectivity index is 0.00000512. The van der Waals surface area contributed by atoms with E-state index in [0.717, 1.165) is 48.5 Å². The van der Waals surface area contributed by atoms with Gasteiger partial charge in [-0.05, 0) is 61.6 Å². The molecule has 2 aromatic rings. The molecular formula is C28H40BrO4-. The molecule has 0 aromatic heterocycles. The predicted molar refractivity (Wildman–Crippen MR) is 135 cm³/mol. The topological polar surface area (TPSA) is 36.9 Å². The summed E-state index contributed by atoms with van der Waals surface area (Å²) in [7, 11) is 0. The van der Waals surface area contributed by atoms with Crippen LogP contribution in [0.5, 0.6) is 11.5 Å². The van der Waals surface area contributed by atoms with Gasteiger partial charge >= 0.3 is 0 Å². The van der Waals surface area contributed by atoms with Gasteiger partial charge in [-0.2, -0.15) is 0 Å². The number of allylic oxidation sites excluding steroid dienone is 2. The van der Waals surface area contributed by atoms with Crippen molar-refractivity contribution in [2.45, 2.75) is 40.5 Å². The lowest BCUT2D eigenvalue weighted by atomic mass is 9.97. The zero-order chi connectivity index (χ0) is 22.3. The van der Waals surface area contributed by atoms with E-state index < -0.39 is 0 Å². The molecule has 2 rings (SSSR count). The Labute approximate surface area is 211 Å². The highest BCUT2D eigenvalue weighted by Gasteiger charge is 2.14. The van der Waals surface area contributed by atoms with Gasteiger partial charge in [-0.3, -0.25) is 0 Å². The lowest BCUT2D eigenvalue weighted by Gasteiger charge is -2.17. The minimum atomic E-state index is 0. The normalized spacial score (nSPS) is 10.0. The number of hydrogen-bond acceptors (Lipinski definition) is 4. The van der Waals surface area contributed by atoms with Crippen molar-refractivity contribution in [2.24, 2.45) is 0 Å². The van der Waals surface area contributed by atoms with Crippen LogP contribution in [0, 0.1) is 0 Å². The Morgan fingerprint density at radius 1 is 0.697 bits per heavy atom. The van der Waals surface area contributed by atoms with Gasteiger partial charge in [-0.25, -0.2) is 0 Å². The minimum absolute atomic E-state index is 0. The second-order valence-corrected chi connectivity index (χ2v) is 7.15. The Bertz CT molecular complexity index is 820. The van der Waals surface area contributed by atoms with Crippen molar-refractivity contribution in [3.8, 4) is 22.6 Å². The van der Waals surface area contributed by atoms with Crippen LogP contribution in [0.25, 0.3) is 11.1 Å². The monoisotopic (exact) mass is 519 g/mol. The molecule has 5 heteroatoms. The van der Waals surface area contributed by atoms with Crippen LogP contribution >= 0.6 is 0 Å². The van der Waals surface area contributed by atoms with Crippen LogP contribution < -0.4 is 26.5 Å². The van der Waals surface area contributed by atoms with Gasteiger partial charge in [0, 0.05) is 17.7 Å². The van der Waals surface area contributed by atoms with Gasteiger partial charge < -0.3 is 35.9 Å². The molecule has 0 fully saturated rings. The van der Waals surface area contributed by atoms with E-state index >= 15 is 0 Å². The molecule has 0 aliphatic rings. The number of benzene rings is 2. The molecule has 0 aliphatic heterocycles. The first-order chi connectivity index (χ1) is 15.2. The highest BCUT2D eigenvalue weighted by atomic mass is 79.9. The molecule has 4 nitrogen and oxygen atoms in total. The summed E-state index contributed by atoms with van der Waals surface area (Å²) in [6.45, 7) is 15.4. The fourth-order valence-electron chi connectivity index (χ4n) is 3.25. The van der Waals surface area contributed by atoms with Crippen molar-refractivity contribution >= 4 is 0 Å². The minimum Gasteiger partial charge on any atom is -1.00 e. The highest BCUT2D eigenvalue weighted by Crippen LogP contribution is 2.38. The summed E-state index contributed by atoms with van der Waals surface area (Å²) in [6, 6.07) is 12.5. The fourth-order valence-corrected chi connectivity index (χ4v) is 3.25. The Morgan fingerprint density at radius 3 is 1.67 bits per heavy atom. The zero-order valence-electron chi connectivity index (χ0n) is 19.4. The number of rotatable bonds is 16. The first-order valence-electron chi connectivity index (χ1n) is 11.1. The molecule has 2 aromatic carbocycles. The third-order valence-corrected chi connectivity index (χ3v) is 4.64. The number of halogens is 1. The quantitative estimate of drug-likeness (QED) is 0.250. The lowest BCUT2D eigenvalue weighted by Crippen LogP contribution is -3.00.